The fraction of sp³-hybridized carbons (Fsp3) is 0.125. The molecule has 0 aliphatic carbocycles. The maximum Gasteiger partial charge on any atom is 0.225 e. The third-order valence-electron chi connectivity index (χ3n) is 1.73. The van der Waals surface area contributed by atoms with E-state index < -0.39 is 0 Å². The van der Waals surface area contributed by atoms with Gasteiger partial charge in [0.15, 0.2) is 10.8 Å². The van der Waals surface area contributed by atoms with Crippen molar-refractivity contribution in [3.8, 4) is 0 Å². The van der Waals surface area contributed by atoms with Crippen LogP contribution in [0.4, 0.5) is 0 Å². The van der Waals surface area contributed by atoms with E-state index in [1.165, 1.54) is 0 Å². The van der Waals surface area contributed by atoms with Crippen molar-refractivity contribution in [3.63, 3.8) is 0 Å². The second-order valence-corrected chi connectivity index (χ2v) is 3.34. The molecule has 0 radical (unpaired) electrons. The third kappa shape index (κ3) is 1.47. The van der Waals surface area contributed by atoms with Crippen LogP contribution in [0.5, 0.6) is 0 Å². The minimum atomic E-state index is 0.103. The van der Waals surface area contributed by atoms with Gasteiger partial charge < -0.3 is 4.57 Å². The van der Waals surface area contributed by atoms with E-state index in [0.717, 1.165) is 0 Å². The topological polar surface area (TPSA) is 43.6 Å². The Bertz CT molecular complexity index is 491. The first-order valence-electron chi connectivity index (χ1n) is 3.87. The molecule has 0 spiro atoms. The van der Waals surface area contributed by atoms with Crippen LogP contribution in [0.1, 0.15) is 0 Å². The summed E-state index contributed by atoms with van der Waals surface area (Å²) < 4.78 is 1.81. The summed E-state index contributed by atoms with van der Waals surface area (Å²) in [5.74, 6) is 0. The Balaban J connectivity index is 2.72. The molecule has 2 aromatic heterocycles. The number of halogens is 2. The van der Waals surface area contributed by atoms with E-state index >= 15 is 0 Å². The largest absolute Gasteiger partial charge is 0.323 e. The van der Waals surface area contributed by atoms with Crippen LogP contribution in [0.2, 0.25) is 10.4 Å². The van der Waals surface area contributed by atoms with Crippen LogP contribution in [-0.4, -0.2) is 19.5 Å². The Morgan fingerprint density at radius 1 is 1.43 bits per heavy atom. The number of fused-ring (bicyclic) bond motifs is 1. The van der Waals surface area contributed by atoms with E-state index in [0.29, 0.717) is 22.9 Å². The molecule has 2 heterocycles. The van der Waals surface area contributed by atoms with Crippen LogP contribution in [0.25, 0.3) is 11.2 Å². The fourth-order valence-corrected chi connectivity index (χ4v) is 1.67. The molecule has 14 heavy (non-hydrogen) atoms. The molecule has 0 amide bonds. The summed E-state index contributed by atoms with van der Waals surface area (Å²) in [7, 11) is 0. The first-order valence-corrected chi connectivity index (χ1v) is 4.62. The zero-order valence-corrected chi connectivity index (χ0v) is 8.63. The van der Waals surface area contributed by atoms with Crippen molar-refractivity contribution in [1.82, 2.24) is 19.5 Å². The zero-order valence-electron chi connectivity index (χ0n) is 7.11. The molecule has 0 N–H and O–H groups in total. The SMILES string of the molecule is C=CCn1cnc2nc(Cl)nc(Cl)c21. The van der Waals surface area contributed by atoms with Crippen molar-refractivity contribution in [2.24, 2.45) is 0 Å². The van der Waals surface area contributed by atoms with Gasteiger partial charge in [-0.1, -0.05) is 17.7 Å². The summed E-state index contributed by atoms with van der Waals surface area (Å²) in [4.78, 5) is 11.8. The summed E-state index contributed by atoms with van der Waals surface area (Å²) in [5, 5.41) is 0.408. The summed E-state index contributed by atoms with van der Waals surface area (Å²) in [6.45, 7) is 4.24. The van der Waals surface area contributed by atoms with E-state index in [-0.39, 0.29) is 5.28 Å². The van der Waals surface area contributed by atoms with Crippen molar-refractivity contribution in [1.29, 1.82) is 0 Å². The van der Waals surface area contributed by atoms with Crippen LogP contribution in [0.15, 0.2) is 19.0 Å². The molecule has 2 aromatic rings. The van der Waals surface area contributed by atoms with Crippen LogP contribution < -0.4 is 0 Å². The first kappa shape index (κ1) is 9.43. The predicted octanol–water partition coefficient (Wildman–Crippen LogP) is 2.32. The van der Waals surface area contributed by atoms with Crippen molar-refractivity contribution in [2.75, 3.05) is 0 Å². The monoisotopic (exact) mass is 228 g/mol. The van der Waals surface area contributed by atoms with Crippen molar-refractivity contribution in [3.05, 3.63) is 29.4 Å². The molecular formula is C8H6Cl2N4. The molecule has 0 saturated carbocycles. The molecule has 6 heteroatoms. The average Bonchev–Trinajstić information content (AvgIpc) is 2.49. The van der Waals surface area contributed by atoms with Gasteiger partial charge in [0.2, 0.25) is 5.28 Å². The standard InChI is InChI=1S/C8H6Cl2N4/c1-2-3-14-4-11-7-5(14)6(9)12-8(10)13-7/h2,4H,1,3H2. The van der Waals surface area contributed by atoms with Crippen molar-refractivity contribution in [2.45, 2.75) is 6.54 Å². The smallest absolute Gasteiger partial charge is 0.225 e. The minimum absolute atomic E-state index is 0.103. The number of imidazole rings is 1. The highest BCUT2D eigenvalue weighted by Crippen LogP contribution is 2.20. The van der Waals surface area contributed by atoms with E-state index in [9.17, 15) is 0 Å². The summed E-state index contributed by atoms with van der Waals surface area (Å²) in [5.41, 5.74) is 1.17. The summed E-state index contributed by atoms with van der Waals surface area (Å²) >= 11 is 11.5. The molecule has 4 nitrogen and oxygen atoms in total. The molecule has 0 fully saturated rings. The maximum absolute atomic E-state index is 5.91. The van der Waals surface area contributed by atoms with Gasteiger partial charge in [-0.15, -0.1) is 6.58 Å². The number of rotatable bonds is 2. The van der Waals surface area contributed by atoms with Crippen LogP contribution in [0, 0.1) is 0 Å². The van der Waals surface area contributed by atoms with Gasteiger partial charge in [-0.3, -0.25) is 0 Å². The molecule has 0 aliphatic rings. The lowest BCUT2D eigenvalue weighted by Gasteiger charge is -1.99. The first-order chi connectivity index (χ1) is 6.72. The molecule has 0 unspecified atom stereocenters. The second-order valence-electron chi connectivity index (χ2n) is 2.64. The molecular weight excluding hydrogens is 223 g/mol. The highest BCUT2D eigenvalue weighted by Gasteiger charge is 2.09. The van der Waals surface area contributed by atoms with E-state index in [1.807, 2.05) is 0 Å². The van der Waals surface area contributed by atoms with Gasteiger partial charge in [-0.25, -0.2) is 9.97 Å². The molecule has 2 rings (SSSR count). The molecule has 0 atom stereocenters. The summed E-state index contributed by atoms with van der Waals surface area (Å²) in [6.07, 6.45) is 3.37. The highest BCUT2D eigenvalue weighted by molar-refractivity contribution is 6.35. The van der Waals surface area contributed by atoms with Gasteiger partial charge in [-0.05, 0) is 11.6 Å². The summed E-state index contributed by atoms with van der Waals surface area (Å²) in [6, 6.07) is 0. The quantitative estimate of drug-likeness (QED) is 0.451. The van der Waals surface area contributed by atoms with Crippen LogP contribution >= 0.6 is 23.2 Å². The minimum Gasteiger partial charge on any atom is -0.323 e. The van der Waals surface area contributed by atoms with Gasteiger partial charge >= 0.3 is 0 Å². The Hall–Kier alpha value is -1.13. The normalized spacial score (nSPS) is 10.7. The van der Waals surface area contributed by atoms with E-state index in [1.54, 1.807) is 17.0 Å². The number of nitrogens with zero attached hydrogens (tertiary/aromatic N) is 4. The lowest BCUT2D eigenvalue weighted by Crippen LogP contribution is -1.94. The van der Waals surface area contributed by atoms with Gasteiger partial charge in [0.25, 0.3) is 0 Å². The Morgan fingerprint density at radius 3 is 2.93 bits per heavy atom. The molecule has 72 valence electrons. The average molecular weight is 229 g/mol. The van der Waals surface area contributed by atoms with Gasteiger partial charge in [-0.2, -0.15) is 4.98 Å². The number of allylic oxidation sites excluding steroid dienone is 1. The lowest BCUT2D eigenvalue weighted by atomic mass is 10.5. The van der Waals surface area contributed by atoms with Crippen LogP contribution in [-0.2, 0) is 6.54 Å². The second kappa shape index (κ2) is 3.55. The number of aromatic nitrogens is 4. The molecule has 0 aliphatic heterocycles. The maximum atomic E-state index is 5.91. The van der Waals surface area contributed by atoms with Crippen molar-refractivity contribution >= 4 is 34.4 Å². The number of hydrogen-bond acceptors (Lipinski definition) is 3. The van der Waals surface area contributed by atoms with E-state index in [4.69, 9.17) is 23.2 Å². The van der Waals surface area contributed by atoms with Gasteiger partial charge in [0.05, 0.1) is 6.33 Å². The zero-order chi connectivity index (χ0) is 10.1. The molecule has 0 aromatic carbocycles. The third-order valence-corrected chi connectivity index (χ3v) is 2.16. The molecule has 0 saturated heterocycles. The van der Waals surface area contributed by atoms with Crippen LogP contribution in [0.3, 0.4) is 0 Å². The lowest BCUT2D eigenvalue weighted by molar-refractivity contribution is 0.849. The Labute approximate surface area is 90.2 Å². The Morgan fingerprint density at radius 2 is 2.21 bits per heavy atom. The molecule has 0 bridgehead atoms. The number of hydrogen-bond donors (Lipinski definition) is 0. The van der Waals surface area contributed by atoms with Gasteiger partial charge in [0.1, 0.15) is 5.52 Å². The fourth-order valence-electron chi connectivity index (χ4n) is 1.19. The highest BCUT2D eigenvalue weighted by atomic mass is 35.5. The van der Waals surface area contributed by atoms with Crippen molar-refractivity contribution < 1.29 is 0 Å². The van der Waals surface area contributed by atoms with Gasteiger partial charge in [0, 0.05) is 6.54 Å². The predicted molar refractivity (Wildman–Crippen MR) is 55.5 cm³/mol. The Kier molecular flexibility index (Phi) is 2.39. The van der Waals surface area contributed by atoms with E-state index in [2.05, 4.69) is 21.5 Å².